The molecular weight excluding hydrogens is 262 g/mol. The van der Waals surface area contributed by atoms with E-state index in [2.05, 4.69) is 52.9 Å². The molecular formula is C17H27N3O. The highest BCUT2D eigenvalue weighted by molar-refractivity contribution is 5.22. The van der Waals surface area contributed by atoms with Gasteiger partial charge in [0.1, 0.15) is 0 Å². The van der Waals surface area contributed by atoms with E-state index in [1.165, 1.54) is 5.56 Å². The molecule has 2 saturated heterocycles. The molecule has 3 rings (SSSR count). The topological polar surface area (TPSA) is 47.5 Å². The van der Waals surface area contributed by atoms with Gasteiger partial charge in [-0.05, 0) is 37.9 Å². The molecule has 0 amide bonds. The number of piperazine rings is 1. The lowest BCUT2D eigenvalue weighted by Gasteiger charge is -2.47. The number of aliphatic hydroxyl groups excluding tert-OH is 1. The van der Waals surface area contributed by atoms with Crippen molar-refractivity contribution in [2.75, 3.05) is 33.3 Å². The van der Waals surface area contributed by atoms with Crippen LogP contribution < -0.4 is 10.6 Å². The zero-order chi connectivity index (χ0) is 14.7. The third-order valence-corrected chi connectivity index (χ3v) is 5.05. The van der Waals surface area contributed by atoms with Gasteiger partial charge in [-0.3, -0.25) is 4.90 Å². The van der Waals surface area contributed by atoms with Crippen LogP contribution in [0.2, 0.25) is 0 Å². The Bertz CT molecular complexity index is 439. The number of hydrogen-bond acceptors (Lipinski definition) is 4. The molecule has 4 nitrogen and oxygen atoms in total. The molecule has 116 valence electrons. The number of likely N-dealkylation sites (N-methyl/N-ethyl adjacent to an activating group) is 1. The minimum Gasteiger partial charge on any atom is -0.396 e. The van der Waals surface area contributed by atoms with Gasteiger partial charge in [0.15, 0.2) is 0 Å². The lowest BCUT2D eigenvalue weighted by molar-refractivity contribution is 0.0783. The Labute approximate surface area is 127 Å². The number of nitrogens with zero attached hydrogens (tertiary/aromatic N) is 1. The molecule has 4 heteroatoms. The molecule has 4 atom stereocenters. The van der Waals surface area contributed by atoms with E-state index in [0.29, 0.717) is 30.7 Å². The van der Waals surface area contributed by atoms with Crippen LogP contribution in [-0.4, -0.2) is 55.4 Å². The van der Waals surface area contributed by atoms with Crippen LogP contribution in [0.5, 0.6) is 0 Å². The molecule has 0 aliphatic carbocycles. The summed E-state index contributed by atoms with van der Waals surface area (Å²) in [5.41, 5.74) is 1.36. The average molecular weight is 289 g/mol. The summed E-state index contributed by atoms with van der Waals surface area (Å²) in [6.45, 7) is 3.44. The van der Waals surface area contributed by atoms with Gasteiger partial charge < -0.3 is 15.7 Å². The van der Waals surface area contributed by atoms with Crippen molar-refractivity contribution in [1.82, 2.24) is 15.5 Å². The van der Waals surface area contributed by atoms with Gasteiger partial charge in [-0.25, -0.2) is 0 Å². The van der Waals surface area contributed by atoms with E-state index in [-0.39, 0.29) is 0 Å². The molecule has 2 aliphatic rings. The summed E-state index contributed by atoms with van der Waals surface area (Å²) in [6.07, 6.45) is 2.16. The Balaban J connectivity index is 1.81. The van der Waals surface area contributed by atoms with E-state index >= 15 is 0 Å². The minimum absolute atomic E-state index is 0.318. The van der Waals surface area contributed by atoms with Gasteiger partial charge in [0.2, 0.25) is 0 Å². The molecule has 0 spiro atoms. The molecule has 1 aromatic rings. The minimum atomic E-state index is 0.318. The normalized spacial score (nSPS) is 34.8. The fourth-order valence-electron chi connectivity index (χ4n) is 3.89. The molecule has 0 aromatic heterocycles. The Kier molecular flexibility index (Phi) is 4.91. The first-order valence-corrected chi connectivity index (χ1v) is 8.12. The summed E-state index contributed by atoms with van der Waals surface area (Å²) in [7, 11) is 2.23. The van der Waals surface area contributed by atoms with Crippen LogP contribution in [-0.2, 0) is 0 Å². The van der Waals surface area contributed by atoms with Crippen LogP contribution in [0.3, 0.4) is 0 Å². The third kappa shape index (κ3) is 3.29. The number of nitrogens with one attached hydrogen (secondary N) is 2. The van der Waals surface area contributed by atoms with Crippen LogP contribution in [0.25, 0.3) is 0 Å². The van der Waals surface area contributed by atoms with Crippen LogP contribution in [0.15, 0.2) is 30.3 Å². The average Bonchev–Trinajstić information content (AvgIpc) is 2.55. The van der Waals surface area contributed by atoms with Crippen molar-refractivity contribution in [2.45, 2.75) is 31.0 Å². The van der Waals surface area contributed by atoms with Gasteiger partial charge in [0, 0.05) is 37.8 Å². The number of hydrogen-bond donors (Lipinski definition) is 3. The largest absolute Gasteiger partial charge is 0.396 e. The number of benzene rings is 1. The van der Waals surface area contributed by atoms with Crippen molar-refractivity contribution >= 4 is 0 Å². The van der Waals surface area contributed by atoms with Gasteiger partial charge in [-0.15, -0.1) is 0 Å². The van der Waals surface area contributed by atoms with Crippen molar-refractivity contribution in [1.29, 1.82) is 0 Å². The summed E-state index contributed by atoms with van der Waals surface area (Å²) in [5.74, 6) is 0.447. The zero-order valence-electron chi connectivity index (χ0n) is 12.8. The molecule has 2 aliphatic heterocycles. The molecule has 2 heterocycles. The lowest BCUT2D eigenvalue weighted by atomic mass is 9.83. The molecule has 3 N–H and O–H groups in total. The van der Waals surface area contributed by atoms with Crippen molar-refractivity contribution in [3.8, 4) is 0 Å². The monoisotopic (exact) mass is 289 g/mol. The first-order valence-electron chi connectivity index (χ1n) is 8.12. The molecule has 0 saturated carbocycles. The molecule has 0 bridgehead atoms. The predicted molar refractivity (Wildman–Crippen MR) is 85.2 cm³/mol. The number of rotatable bonds is 3. The van der Waals surface area contributed by atoms with Crippen LogP contribution in [0, 0.1) is 5.92 Å². The highest BCUT2D eigenvalue weighted by Crippen LogP contribution is 2.30. The first-order chi connectivity index (χ1) is 10.3. The quantitative estimate of drug-likeness (QED) is 0.777. The smallest absolute Gasteiger partial charge is 0.0493 e. The maximum absolute atomic E-state index is 9.50. The predicted octanol–water partition coefficient (Wildman–Crippen LogP) is 0.992. The number of piperidine rings is 1. The van der Waals surface area contributed by atoms with Gasteiger partial charge >= 0.3 is 0 Å². The SMILES string of the molecule is CN1CCNC(c2ccccc2)C1C1CC(CO)CCN1. The molecule has 2 fully saturated rings. The second kappa shape index (κ2) is 6.88. The van der Waals surface area contributed by atoms with E-state index < -0.39 is 0 Å². The summed E-state index contributed by atoms with van der Waals surface area (Å²) in [5, 5.41) is 16.9. The fraction of sp³-hybridized carbons (Fsp3) is 0.647. The van der Waals surface area contributed by atoms with Crippen molar-refractivity contribution in [3.63, 3.8) is 0 Å². The lowest BCUT2D eigenvalue weighted by Crippen LogP contribution is -2.61. The van der Waals surface area contributed by atoms with Gasteiger partial charge in [-0.1, -0.05) is 30.3 Å². The maximum Gasteiger partial charge on any atom is 0.0493 e. The van der Waals surface area contributed by atoms with Crippen molar-refractivity contribution in [2.24, 2.45) is 5.92 Å². The van der Waals surface area contributed by atoms with Crippen LogP contribution >= 0.6 is 0 Å². The molecule has 1 aromatic carbocycles. The number of aliphatic hydroxyl groups is 1. The molecule has 4 unspecified atom stereocenters. The molecule has 0 radical (unpaired) electrons. The highest BCUT2D eigenvalue weighted by Gasteiger charge is 2.38. The fourth-order valence-corrected chi connectivity index (χ4v) is 3.89. The van der Waals surface area contributed by atoms with Crippen molar-refractivity contribution < 1.29 is 5.11 Å². The maximum atomic E-state index is 9.50. The Hall–Kier alpha value is -0.940. The van der Waals surface area contributed by atoms with E-state index in [9.17, 15) is 5.11 Å². The first kappa shape index (κ1) is 15.0. The van der Waals surface area contributed by atoms with E-state index in [0.717, 1.165) is 32.5 Å². The zero-order valence-corrected chi connectivity index (χ0v) is 12.8. The van der Waals surface area contributed by atoms with E-state index in [1.807, 2.05) is 0 Å². The van der Waals surface area contributed by atoms with E-state index in [1.54, 1.807) is 0 Å². The van der Waals surface area contributed by atoms with Crippen LogP contribution in [0.4, 0.5) is 0 Å². The van der Waals surface area contributed by atoms with Crippen molar-refractivity contribution in [3.05, 3.63) is 35.9 Å². The van der Waals surface area contributed by atoms with E-state index in [4.69, 9.17) is 0 Å². The Morgan fingerprint density at radius 3 is 2.76 bits per heavy atom. The highest BCUT2D eigenvalue weighted by atomic mass is 16.3. The molecule has 21 heavy (non-hydrogen) atoms. The summed E-state index contributed by atoms with van der Waals surface area (Å²) < 4.78 is 0. The Morgan fingerprint density at radius 2 is 2.00 bits per heavy atom. The van der Waals surface area contributed by atoms with Gasteiger partial charge in [0.25, 0.3) is 0 Å². The standard InChI is InChI=1S/C17H27N3O/c1-20-10-9-19-16(14-5-3-2-4-6-14)17(20)15-11-13(12-21)7-8-18-15/h2-6,13,15-19,21H,7-12H2,1H3. The second-order valence-electron chi connectivity index (χ2n) is 6.45. The van der Waals surface area contributed by atoms with Crippen LogP contribution in [0.1, 0.15) is 24.4 Å². The summed E-state index contributed by atoms with van der Waals surface area (Å²) >= 11 is 0. The van der Waals surface area contributed by atoms with Gasteiger partial charge in [-0.2, -0.15) is 0 Å². The summed E-state index contributed by atoms with van der Waals surface area (Å²) in [6, 6.07) is 12.0. The van der Waals surface area contributed by atoms with Gasteiger partial charge in [0.05, 0.1) is 0 Å². The summed E-state index contributed by atoms with van der Waals surface area (Å²) in [4.78, 5) is 2.48. The third-order valence-electron chi connectivity index (χ3n) is 5.05. The second-order valence-corrected chi connectivity index (χ2v) is 6.45. The Morgan fingerprint density at radius 1 is 1.19 bits per heavy atom.